The number of hydrogen-bond donors (Lipinski definition) is 0. The zero-order valence-electron chi connectivity index (χ0n) is 70.3. The lowest BCUT2D eigenvalue weighted by atomic mass is 9.94. The van der Waals surface area contributed by atoms with Crippen molar-refractivity contribution in [2.24, 2.45) is 0 Å². The third kappa shape index (κ3) is 14.7. The van der Waals surface area contributed by atoms with Gasteiger partial charge in [0.1, 0.15) is 0 Å². The molecule has 0 aliphatic rings. The molecule has 0 amide bonds. The number of para-hydroxylation sites is 4. The van der Waals surface area contributed by atoms with Crippen molar-refractivity contribution < 1.29 is 0 Å². The van der Waals surface area contributed by atoms with Gasteiger partial charge in [-0.3, -0.25) is 0 Å². The highest BCUT2D eigenvalue weighted by molar-refractivity contribution is 7.27. The first-order chi connectivity index (χ1) is 59.4. The van der Waals surface area contributed by atoms with Crippen molar-refractivity contribution in [1.82, 2.24) is 0 Å². The molecule has 0 bridgehead atoms. The number of hydrogen-bond acceptors (Lipinski definition) is 6. The molecule has 2 heterocycles. The molecule has 9 heteroatoms. The van der Waals surface area contributed by atoms with Crippen LogP contribution in [0.25, 0.3) is 116 Å². The molecule has 122 heavy (non-hydrogen) atoms. The third-order valence-corrected chi connectivity index (χ3v) is 32.9. The molecule has 0 saturated carbocycles. The highest BCUT2D eigenvalue weighted by Crippen LogP contribution is 2.51. The first-order valence-corrected chi connectivity index (χ1v) is 54.6. The van der Waals surface area contributed by atoms with Crippen LogP contribution < -0.4 is 35.2 Å². The van der Waals surface area contributed by atoms with Crippen LogP contribution in [0.2, 0.25) is 58.9 Å². The highest BCUT2D eigenvalue weighted by Gasteiger charge is 2.26. The normalized spacial score (nSPS) is 12.0. The largest absolute Gasteiger partial charge is 0.311 e. The average molecular weight is 1660 g/mol. The van der Waals surface area contributed by atoms with E-state index in [0.717, 1.165) is 45.5 Å². The van der Waals surface area contributed by atoms with Gasteiger partial charge in [-0.15, -0.1) is 22.7 Å². The highest BCUT2D eigenvalue weighted by atomic mass is 32.1. The van der Waals surface area contributed by atoms with Gasteiger partial charge >= 0.3 is 0 Å². The molecule has 2 aromatic heterocycles. The van der Waals surface area contributed by atoms with Crippen molar-refractivity contribution in [3.8, 4) is 22.3 Å². The Morgan fingerprint density at radius 1 is 0.172 bits per heavy atom. The van der Waals surface area contributed by atoms with Gasteiger partial charge in [0.15, 0.2) is 0 Å². The van der Waals surface area contributed by atoms with Gasteiger partial charge in [-0.2, -0.15) is 0 Å². The summed E-state index contributed by atoms with van der Waals surface area (Å²) in [6, 6.07) is 150. The van der Waals surface area contributed by atoms with Crippen molar-refractivity contribution >= 4 is 225 Å². The zero-order valence-corrected chi connectivity index (χ0v) is 74.9. The fourth-order valence-electron chi connectivity index (χ4n) is 17.9. The summed E-state index contributed by atoms with van der Waals surface area (Å²) in [5.74, 6) is 0. The van der Waals surface area contributed by atoms with Gasteiger partial charge in [-0.05, 0) is 223 Å². The summed E-state index contributed by atoms with van der Waals surface area (Å²) < 4.78 is 5.25. The van der Waals surface area contributed by atoms with E-state index in [4.69, 9.17) is 0 Å². The van der Waals surface area contributed by atoms with Crippen LogP contribution in [0.4, 0.5) is 68.2 Å². The van der Waals surface area contributed by atoms with Gasteiger partial charge in [0.05, 0.1) is 24.2 Å². The van der Waals surface area contributed by atoms with E-state index in [1.807, 2.05) is 22.7 Å². The molecule has 0 atom stereocenters. The van der Waals surface area contributed by atoms with Crippen molar-refractivity contribution in [2.75, 3.05) is 19.6 Å². The molecule has 19 aromatic carbocycles. The van der Waals surface area contributed by atoms with E-state index < -0.39 is 24.2 Å². The Labute approximate surface area is 726 Å². The van der Waals surface area contributed by atoms with E-state index in [1.54, 1.807) is 0 Å². The topological polar surface area (TPSA) is 13.0 Å². The SMILES string of the molecule is C[Si](C)(C)c1ccc(N(c2ccccc2)c2ccc(-c3ccc4c(c3)c3ccccc3c3c5ccc(N(c6ccccc6)c6ccc([Si](C)(C)C)cc6)cc5sc43)cc2)cc1.C[Si](C)(C)c1ccc(N(c2ccccc2)c2ccc(-c3ccc4c(c3)c3ccccc3c3c5ccc(N(c6ccccc6)c6ccc7ccccc7c6)cc5sc43)cc2)cc1. The summed E-state index contributed by atoms with van der Waals surface area (Å²) in [7, 11) is -4.25. The molecule has 0 spiro atoms. The number of fused-ring (bicyclic) bond motifs is 17. The summed E-state index contributed by atoms with van der Waals surface area (Å²) in [4.78, 5) is 9.50. The smallest absolute Gasteiger partial charge is 0.0775 e. The summed E-state index contributed by atoms with van der Waals surface area (Å²) in [5, 5.41) is 22.5. The Hall–Kier alpha value is -13.2. The number of nitrogens with zero attached hydrogens (tertiary/aromatic N) is 4. The number of anilines is 12. The second kappa shape index (κ2) is 31.7. The number of rotatable bonds is 17. The summed E-state index contributed by atoms with van der Waals surface area (Å²) in [5.41, 5.74) is 18.7. The van der Waals surface area contributed by atoms with E-state index in [2.05, 4.69) is 485 Å². The lowest BCUT2D eigenvalue weighted by molar-refractivity contribution is 1.28. The molecule has 590 valence electrons. The maximum Gasteiger partial charge on any atom is 0.0775 e. The van der Waals surface area contributed by atoms with E-state index in [0.29, 0.717) is 0 Å². The van der Waals surface area contributed by atoms with Crippen molar-refractivity contribution in [2.45, 2.75) is 58.9 Å². The lowest BCUT2D eigenvalue weighted by Gasteiger charge is -2.26. The Balaban J connectivity index is 0.000000155. The fourth-order valence-corrected chi connectivity index (χ4v) is 24.0. The maximum atomic E-state index is 2.41. The molecule has 0 aliphatic heterocycles. The predicted octanol–water partition coefficient (Wildman–Crippen LogP) is 32.7. The van der Waals surface area contributed by atoms with E-state index in [-0.39, 0.29) is 0 Å². The Kier molecular flexibility index (Phi) is 20.1. The van der Waals surface area contributed by atoms with Crippen LogP contribution in [0.5, 0.6) is 0 Å². The van der Waals surface area contributed by atoms with E-state index >= 15 is 0 Å². The van der Waals surface area contributed by atoms with E-state index in [1.165, 1.54) is 155 Å². The molecule has 21 rings (SSSR count). The summed E-state index contributed by atoms with van der Waals surface area (Å²) >= 11 is 3.82. The molecule has 21 aromatic rings. The predicted molar refractivity (Wildman–Crippen MR) is 545 cm³/mol. The average Bonchev–Trinajstić information content (AvgIpc) is 1.56. The number of thiophene rings is 2. The Morgan fingerprint density at radius 3 is 0.779 bits per heavy atom. The van der Waals surface area contributed by atoms with Gasteiger partial charge in [0.25, 0.3) is 0 Å². The minimum Gasteiger partial charge on any atom is -0.311 e. The van der Waals surface area contributed by atoms with Crippen LogP contribution in [0.15, 0.2) is 406 Å². The first kappa shape index (κ1) is 77.4. The van der Waals surface area contributed by atoms with Crippen LogP contribution in [0.1, 0.15) is 0 Å². The molecule has 0 unspecified atom stereocenters. The molecule has 0 aliphatic carbocycles. The van der Waals surface area contributed by atoms with Crippen LogP contribution in [0.3, 0.4) is 0 Å². The monoisotopic (exact) mass is 1650 g/mol. The first-order valence-electron chi connectivity index (χ1n) is 42.4. The molecular formula is C113H94N4S2Si3. The third-order valence-electron chi connectivity index (χ3n) is 24.3. The van der Waals surface area contributed by atoms with Crippen molar-refractivity contribution in [1.29, 1.82) is 0 Å². The second-order valence-electron chi connectivity index (χ2n) is 35.3. The second-order valence-corrected chi connectivity index (χ2v) is 52.6. The van der Waals surface area contributed by atoms with Gasteiger partial charge in [0.2, 0.25) is 0 Å². The minimum atomic E-state index is -1.43. The Bertz CT molecular complexity index is 7470. The van der Waals surface area contributed by atoms with E-state index in [9.17, 15) is 0 Å². The van der Waals surface area contributed by atoms with Crippen molar-refractivity contribution in [3.05, 3.63) is 406 Å². The molecule has 4 nitrogen and oxygen atoms in total. The Morgan fingerprint density at radius 2 is 0.426 bits per heavy atom. The lowest BCUT2D eigenvalue weighted by Crippen LogP contribution is -2.37. The molecule has 0 N–H and O–H groups in total. The summed E-state index contributed by atoms with van der Waals surface area (Å²) in [6.45, 7) is 21.6. The molecule has 0 saturated heterocycles. The van der Waals surface area contributed by atoms with Gasteiger partial charge in [0, 0.05) is 119 Å². The molecule has 0 radical (unpaired) electrons. The summed E-state index contributed by atoms with van der Waals surface area (Å²) in [6.07, 6.45) is 0. The van der Waals surface area contributed by atoms with Crippen molar-refractivity contribution in [3.63, 3.8) is 0 Å². The zero-order chi connectivity index (χ0) is 83.0. The van der Waals surface area contributed by atoms with Crippen LogP contribution in [-0.2, 0) is 0 Å². The standard InChI is InChI=1S/C57H44N2SSi.C56H50N2SSi2/c1-61(2,3)49-32-29-46(30-33-49)58(43-16-6-4-7-17-43)45-26-22-40(23-27-45)42-25-34-52-54(37-42)50-20-12-13-21-51(50)56-53-35-31-48(38-55(53)60-57(52)56)59(44-18-8-5-9-19-44)47-28-24-39-14-10-11-15-41(39)36-47;1-60(2,3)47-31-26-44(27-32-47)57(41-15-9-7-10-16-41)43-24-21-39(22-25-43)40-23-35-51-53(37-40)49-19-13-14-20-50(49)55-52-36-30-46(38-54(52)59-56(51)55)58(42-17-11-8-12-18-42)45-28-33-48(34-29-45)61(4,5)6/h4-38H,1-3H3;7-38H,1-6H3. The van der Waals surface area contributed by atoms with Crippen LogP contribution in [0, 0.1) is 0 Å². The number of benzene rings is 19. The quantitative estimate of drug-likeness (QED) is 0.0665. The minimum absolute atomic E-state index is 1.14. The van der Waals surface area contributed by atoms with Crippen LogP contribution in [-0.4, -0.2) is 24.2 Å². The van der Waals surface area contributed by atoms with Gasteiger partial charge in [-0.25, -0.2) is 0 Å². The van der Waals surface area contributed by atoms with Crippen LogP contribution >= 0.6 is 22.7 Å². The van der Waals surface area contributed by atoms with Gasteiger partial charge < -0.3 is 19.6 Å². The molecule has 0 fully saturated rings. The molecular weight excluding hydrogens is 1560 g/mol. The maximum absolute atomic E-state index is 2.41. The van der Waals surface area contributed by atoms with Gasteiger partial charge in [-0.1, -0.05) is 323 Å². The fraction of sp³-hybridized carbons (Fsp3) is 0.0796.